The van der Waals surface area contributed by atoms with Gasteiger partial charge in [0, 0.05) is 32.6 Å². The third-order valence-electron chi connectivity index (χ3n) is 4.92. The summed E-state index contributed by atoms with van der Waals surface area (Å²) in [6, 6.07) is 13.3. The fourth-order valence-electron chi connectivity index (χ4n) is 3.51. The normalized spacial score (nSPS) is 13.4. The molecule has 6 heteroatoms. The number of carbonyl (C=O) groups is 1. The van der Waals surface area contributed by atoms with Crippen LogP contribution in [0.3, 0.4) is 0 Å². The van der Waals surface area contributed by atoms with Crippen LogP contribution < -0.4 is 5.32 Å². The van der Waals surface area contributed by atoms with E-state index in [1.54, 1.807) is 11.8 Å². The number of hydrogen-bond acceptors (Lipinski definition) is 3. The maximum atomic E-state index is 12.4. The number of halogens is 2. The van der Waals surface area contributed by atoms with Crippen molar-refractivity contribution in [1.29, 1.82) is 0 Å². The topological polar surface area (TPSA) is 42.0 Å². The van der Waals surface area contributed by atoms with Gasteiger partial charge in [0.15, 0.2) is 0 Å². The lowest BCUT2D eigenvalue weighted by atomic mass is 9.94. The van der Waals surface area contributed by atoms with Gasteiger partial charge in [-0.25, -0.2) is 0 Å². The number of benzene rings is 2. The molecule has 4 rings (SSSR count). The second-order valence-electron chi connectivity index (χ2n) is 6.93. The van der Waals surface area contributed by atoms with Crippen LogP contribution in [0.4, 0.5) is 0 Å². The largest absolute Gasteiger partial charge is 0.351 e. The molecule has 1 heterocycles. The molecule has 1 aliphatic carbocycles. The Hall–Kier alpha value is -1.75. The molecular formula is C22H20Cl2N2OS. The number of nitrogens with one attached hydrogen (secondary N) is 1. The SMILES string of the molecule is O=C(CSc1c2c(nc3cc(Cl)ccc13)CCCC2)NCc1ccc(Cl)cc1. The number of nitrogens with zero attached hydrogens (tertiary/aromatic N) is 1. The number of pyridine rings is 1. The summed E-state index contributed by atoms with van der Waals surface area (Å²) in [5.74, 6) is 0.394. The van der Waals surface area contributed by atoms with Crippen LogP contribution in [0.25, 0.3) is 10.9 Å². The van der Waals surface area contributed by atoms with Gasteiger partial charge in [0.05, 0.1) is 11.3 Å². The zero-order chi connectivity index (χ0) is 19.5. The monoisotopic (exact) mass is 430 g/mol. The van der Waals surface area contributed by atoms with Crippen molar-refractivity contribution in [3.8, 4) is 0 Å². The number of amides is 1. The van der Waals surface area contributed by atoms with Crippen molar-refractivity contribution in [2.24, 2.45) is 0 Å². The molecule has 0 radical (unpaired) electrons. The lowest BCUT2D eigenvalue weighted by Crippen LogP contribution is -2.24. The third kappa shape index (κ3) is 4.45. The Morgan fingerprint density at radius 3 is 2.61 bits per heavy atom. The second-order valence-corrected chi connectivity index (χ2v) is 8.79. The summed E-state index contributed by atoms with van der Waals surface area (Å²) in [4.78, 5) is 18.4. The molecule has 0 unspecified atom stereocenters. The van der Waals surface area contributed by atoms with Crippen LogP contribution in [-0.2, 0) is 24.2 Å². The minimum Gasteiger partial charge on any atom is -0.351 e. The number of hydrogen-bond donors (Lipinski definition) is 1. The number of fused-ring (bicyclic) bond motifs is 2. The molecule has 1 amide bonds. The molecule has 3 nitrogen and oxygen atoms in total. The predicted octanol–water partition coefficient (Wildman–Crippen LogP) is 5.83. The Morgan fingerprint density at radius 1 is 1.04 bits per heavy atom. The van der Waals surface area contributed by atoms with Crippen LogP contribution in [0, 0.1) is 0 Å². The highest BCUT2D eigenvalue weighted by molar-refractivity contribution is 8.00. The second kappa shape index (κ2) is 8.73. The van der Waals surface area contributed by atoms with Gasteiger partial charge in [-0.3, -0.25) is 9.78 Å². The van der Waals surface area contributed by atoms with Gasteiger partial charge in [0.25, 0.3) is 0 Å². The van der Waals surface area contributed by atoms with Crippen molar-refractivity contribution < 1.29 is 4.79 Å². The van der Waals surface area contributed by atoms with Gasteiger partial charge in [0.2, 0.25) is 5.91 Å². The van der Waals surface area contributed by atoms with E-state index < -0.39 is 0 Å². The van der Waals surface area contributed by atoms with Crippen molar-refractivity contribution in [2.75, 3.05) is 5.75 Å². The number of thioether (sulfide) groups is 1. The fraction of sp³-hybridized carbons (Fsp3) is 0.273. The van der Waals surface area contributed by atoms with Gasteiger partial charge < -0.3 is 5.32 Å². The molecular weight excluding hydrogens is 411 g/mol. The minimum atomic E-state index is 0.0171. The predicted molar refractivity (Wildman–Crippen MR) is 117 cm³/mol. The van der Waals surface area contributed by atoms with Gasteiger partial charge in [-0.1, -0.05) is 41.4 Å². The first kappa shape index (κ1) is 19.6. The molecule has 0 bridgehead atoms. The Kier molecular flexibility index (Phi) is 6.10. The maximum Gasteiger partial charge on any atom is 0.230 e. The number of rotatable bonds is 5. The van der Waals surface area contributed by atoms with E-state index in [2.05, 4.69) is 5.32 Å². The average molecular weight is 431 g/mol. The molecule has 144 valence electrons. The van der Waals surface area contributed by atoms with Gasteiger partial charge in [-0.05, 0) is 61.1 Å². The first-order valence-corrected chi connectivity index (χ1v) is 11.1. The summed E-state index contributed by atoms with van der Waals surface area (Å²) in [7, 11) is 0. The molecule has 0 spiro atoms. The summed E-state index contributed by atoms with van der Waals surface area (Å²) in [5, 5.41) is 5.45. The summed E-state index contributed by atoms with van der Waals surface area (Å²) in [6.45, 7) is 0.501. The van der Waals surface area contributed by atoms with E-state index in [4.69, 9.17) is 28.2 Å². The van der Waals surface area contributed by atoms with Crippen LogP contribution in [-0.4, -0.2) is 16.6 Å². The quantitative estimate of drug-likeness (QED) is 0.517. The first-order chi connectivity index (χ1) is 13.6. The molecule has 0 atom stereocenters. The van der Waals surface area contributed by atoms with E-state index >= 15 is 0 Å². The summed E-state index contributed by atoms with van der Waals surface area (Å²) < 4.78 is 0. The van der Waals surface area contributed by atoms with E-state index in [0.717, 1.165) is 41.4 Å². The lowest BCUT2D eigenvalue weighted by Gasteiger charge is -2.20. The van der Waals surface area contributed by atoms with Crippen LogP contribution in [0.2, 0.25) is 10.0 Å². The van der Waals surface area contributed by atoms with E-state index in [-0.39, 0.29) is 5.91 Å². The maximum absolute atomic E-state index is 12.4. The molecule has 2 aromatic carbocycles. The van der Waals surface area contributed by atoms with Gasteiger partial charge in [-0.2, -0.15) is 0 Å². The van der Waals surface area contributed by atoms with Crippen LogP contribution in [0.15, 0.2) is 47.4 Å². The van der Waals surface area contributed by atoms with Crippen LogP contribution in [0.1, 0.15) is 29.7 Å². The van der Waals surface area contributed by atoms with Crippen molar-refractivity contribution in [3.05, 3.63) is 69.3 Å². The van der Waals surface area contributed by atoms with Gasteiger partial charge >= 0.3 is 0 Å². The molecule has 1 N–H and O–H groups in total. The molecule has 0 saturated heterocycles. The van der Waals surface area contributed by atoms with Crippen molar-refractivity contribution >= 4 is 51.8 Å². The van der Waals surface area contributed by atoms with Gasteiger partial charge in [0.1, 0.15) is 0 Å². The highest BCUT2D eigenvalue weighted by Crippen LogP contribution is 2.36. The molecule has 3 aromatic rings. The Balaban J connectivity index is 1.50. The highest BCUT2D eigenvalue weighted by Gasteiger charge is 2.19. The van der Waals surface area contributed by atoms with Crippen LogP contribution in [0.5, 0.6) is 0 Å². The summed E-state index contributed by atoms with van der Waals surface area (Å²) in [5.41, 5.74) is 4.41. The number of carbonyl (C=O) groups excluding carboxylic acids is 1. The molecule has 28 heavy (non-hydrogen) atoms. The number of aryl methyl sites for hydroxylation is 1. The zero-order valence-corrected chi connectivity index (χ0v) is 17.6. The van der Waals surface area contributed by atoms with E-state index in [1.807, 2.05) is 42.5 Å². The molecule has 0 aliphatic heterocycles. The molecule has 0 fully saturated rings. The molecule has 1 aromatic heterocycles. The van der Waals surface area contributed by atoms with Crippen molar-refractivity contribution in [1.82, 2.24) is 10.3 Å². The summed E-state index contributed by atoms with van der Waals surface area (Å²) in [6.07, 6.45) is 4.35. The van der Waals surface area contributed by atoms with E-state index in [0.29, 0.717) is 22.3 Å². The van der Waals surface area contributed by atoms with Gasteiger partial charge in [-0.15, -0.1) is 11.8 Å². The van der Waals surface area contributed by atoms with Crippen LogP contribution >= 0.6 is 35.0 Å². The van der Waals surface area contributed by atoms with E-state index in [9.17, 15) is 4.79 Å². The highest BCUT2D eigenvalue weighted by atomic mass is 35.5. The van der Waals surface area contributed by atoms with Crippen molar-refractivity contribution in [2.45, 2.75) is 37.1 Å². The third-order valence-corrected chi connectivity index (χ3v) is 6.57. The zero-order valence-electron chi connectivity index (χ0n) is 15.3. The Labute approximate surface area is 178 Å². The standard InChI is InChI=1S/C22H20Cl2N2OS/c23-15-7-5-14(6-8-15)12-25-21(27)13-28-22-17-3-1-2-4-19(17)26-20-11-16(24)9-10-18(20)22/h5-11H,1-4,12-13H2,(H,25,27). The fourth-order valence-corrected chi connectivity index (χ4v) is 4.90. The Bertz CT molecular complexity index is 1020. The first-order valence-electron chi connectivity index (χ1n) is 9.35. The molecule has 1 aliphatic rings. The lowest BCUT2D eigenvalue weighted by molar-refractivity contribution is -0.118. The number of aromatic nitrogens is 1. The summed E-state index contributed by atoms with van der Waals surface area (Å²) >= 11 is 13.7. The average Bonchev–Trinajstić information content (AvgIpc) is 2.70. The smallest absolute Gasteiger partial charge is 0.230 e. The van der Waals surface area contributed by atoms with E-state index in [1.165, 1.54) is 16.9 Å². The minimum absolute atomic E-state index is 0.0171. The molecule has 0 saturated carbocycles. The van der Waals surface area contributed by atoms with Crippen molar-refractivity contribution in [3.63, 3.8) is 0 Å². The Morgan fingerprint density at radius 2 is 1.79 bits per heavy atom.